The lowest BCUT2D eigenvalue weighted by molar-refractivity contribution is -0.124. The molecule has 4 heteroatoms. The largest absolute Gasteiger partial charge is 0.496 e. The van der Waals surface area contributed by atoms with E-state index in [1.807, 2.05) is 68.5 Å². The first-order valence-electron chi connectivity index (χ1n) is 10.3. The predicted octanol–water partition coefficient (Wildman–Crippen LogP) is 6.01. The molecule has 2 aromatic carbocycles. The van der Waals surface area contributed by atoms with Gasteiger partial charge in [-0.2, -0.15) is 0 Å². The number of ketones is 1. The first-order valence-corrected chi connectivity index (χ1v) is 10.3. The molecule has 1 amide bonds. The smallest absolute Gasteiger partial charge is 0.238 e. The fraction of sp³-hybridized carbons (Fsp3) is 0.308. The zero-order valence-corrected chi connectivity index (χ0v) is 18.7. The number of anilines is 1. The predicted molar refractivity (Wildman–Crippen MR) is 125 cm³/mol. The molecule has 0 atom stereocenters. The van der Waals surface area contributed by atoms with Crippen LogP contribution in [0, 0.1) is 0 Å². The Morgan fingerprint density at radius 3 is 2.23 bits per heavy atom. The molecule has 1 aliphatic heterocycles. The average Bonchev–Trinajstić information content (AvgIpc) is 2.73. The summed E-state index contributed by atoms with van der Waals surface area (Å²) >= 11 is 0. The Balaban J connectivity index is 0.00000155. The topological polar surface area (TPSA) is 46.6 Å². The van der Waals surface area contributed by atoms with Crippen LogP contribution in [0.4, 0.5) is 5.69 Å². The van der Waals surface area contributed by atoms with Gasteiger partial charge in [-0.25, -0.2) is 0 Å². The van der Waals surface area contributed by atoms with Crippen molar-refractivity contribution in [3.63, 3.8) is 0 Å². The number of allylic oxidation sites excluding steroid dienone is 1. The molecular weight excluding hydrogens is 374 g/mol. The molecule has 3 rings (SSSR count). The van der Waals surface area contributed by atoms with Crippen molar-refractivity contribution < 1.29 is 14.3 Å². The Morgan fingerprint density at radius 2 is 1.67 bits per heavy atom. The van der Waals surface area contributed by atoms with Gasteiger partial charge in [0.05, 0.1) is 13.5 Å². The molecule has 0 spiro atoms. The van der Waals surface area contributed by atoms with E-state index in [2.05, 4.69) is 20.8 Å². The highest BCUT2D eigenvalue weighted by Gasteiger charge is 2.26. The van der Waals surface area contributed by atoms with Crippen LogP contribution in [0.1, 0.15) is 57.7 Å². The highest BCUT2D eigenvalue weighted by molar-refractivity contribution is 6.13. The van der Waals surface area contributed by atoms with Crippen molar-refractivity contribution in [3.8, 4) is 5.75 Å². The van der Waals surface area contributed by atoms with Gasteiger partial charge in [0, 0.05) is 23.0 Å². The fourth-order valence-corrected chi connectivity index (χ4v) is 3.20. The lowest BCUT2D eigenvalue weighted by atomic mass is 9.84. The maximum Gasteiger partial charge on any atom is 0.238 e. The molecule has 2 aromatic rings. The monoisotopic (exact) mass is 405 g/mol. The first-order chi connectivity index (χ1) is 14.3. The van der Waals surface area contributed by atoms with Gasteiger partial charge in [-0.05, 0) is 29.2 Å². The normalized spacial score (nSPS) is 14.0. The van der Waals surface area contributed by atoms with Crippen molar-refractivity contribution in [3.05, 3.63) is 71.4 Å². The molecule has 30 heavy (non-hydrogen) atoms. The van der Waals surface area contributed by atoms with Crippen molar-refractivity contribution in [2.24, 2.45) is 0 Å². The third kappa shape index (κ3) is 5.47. The molecule has 158 valence electrons. The van der Waals surface area contributed by atoms with E-state index in [0.29, 0.717) is 0 Å². The van der Waals surface area contributed by atoms with E-state index in [-0.39, 0.29) is 23.5 Å². The van der Waals surface area contributed by atoms with E-state index in [4.69, 9.17) is 4.74 Å². The number of hydrogen-bond donors (Lipinski definition) is 0. The summed E-state index contributed by atoms with van der Waals surface area (Å²) in [4.78, 5) is 25.5. The van der Waals surface area contributed by atoms with Crippen molar-refractivity contribution in [1.29, 1.82) is 0 Å². The number of hydrogen-bond acceptors (Lipinski definition) is 3. The molecule has 0 aromatic heterocycles. The molecule has 0 unspecified atom stereocenters. The lowest BCUT2D eigenvalue weighted by Gasteiger charge is -2.28. The molecule has 0 saturated carbocycles. The number of rotatable bonds is 4. The molecule has 0 bridgehead atoms. The summed E-state index contributed by atoms with van der Waals surface area (Å²) in [6, 6.07) is 13.9. The van der Waals surface area contributed by atoms with Crippen molar-refractivity contribution in [2.75, 3.05) is 12.0 Å². The van der Waals surface area contributed by atoms with Crippen molar-refractivity contribution in [2.45, 2.75) is 46.5 Å². The van der Waals surface area contributed by atoms with Crippen LogP contribution in [0.5, 0.6) is 5.75 Å². The Morgan fingerprint density at radius 1 is 1.00 bits per heavy atom. The number of amides is 1. The van der Waals surface area contributed by atoms with E-state index in [9.17, 15) is 9.59 Å². The van der Waals surface area contributed by atoms with Crippen LogP contribution >= 0.6 is 0 Å². The van der Waals surface area contributed by atoms with Crippen molar-refractivity contribution in [1.82, 2.24) is 0 Å². The Labute approximate surface area is 179 Å². The molecule has 0 fully saturated rings. The number of ether oxygens (including phenoxy) is 1. The van der Waals surface area contributed by atoms with Crippen LogP contribution < -0.4 is 9.64 Å². The minimum Gasteiger partial charge on any atom is -0.496 e. The highest BCUT2D eigenvalue weighted by Crippen LogP contribution is 2.39. The van der Waals surface area contributed by atoms with E-state index < -0.39 is 0 Å². The number of carbonyl (C=O) groups is 2. The summed E-state index contributed by atoms with van der Waals surface area (Å²) in [5.74, 6) is 0.387. The average molecular weight is 406 g/mol. The van der Waals surface area contributed by atoms with Crippen LogP contribution in [-0.2, 0) is 15.0 Å². The van der Waals surface area contributed by atoms with E-state index >= 15 is 0 Å². The fourth-order valence-electron chi connectivity index (χ4n) is 3.20. The van der Waals surface area contributed by atoms with E-state index in [1.165, 1.54) is 11.0 Å². The van der Waals surface area contributed by atoms with Gasteiger partial charge in [0.25, 0.3) is 0 Å². The van der Waals surface area contributed by atoms with Gasteiger partial charge in [0.15, 0.2) is 5.78 Å². The molecule has 4 nitrogen and oxygen atoms in total. The Bertz CT molecular complexity index is 950. The number of nitrogens with zero attached hydrogens (tertiary/aromatic N) is 1. The molecule has 0 saturated heterocycles. The van der Waals surface area contributed by atoms with Crippen LogP contribution in [0.15, 0.2) is 54.7 Å². The lowest BCUT2D eigenvalue weighted by Crippen LogP contribution is -2.31. The Kier molecular flexibility index (Phi) is 7.76. The summed E-state index contributed by atoms with van der Waals surface area (Å²) < 4.78 is 5.75. The first kappa shape index (κ1) is 23.1. The van der Waals surface area contributed by atoms with Gasteiger partial charge in [0.1, 0.15) is 5.75 Å². The van der Waals surface area contributed by atoms with Crippen LogP contribution in [0.3, 0.4) is 0 Å². The van der Waals surface area contributed by atoms with Gasteiger partial charge >= 0.3 is 0 Å². The van der Waals surface area contributed by atoms with Gasteiger partial charge in [-0.1, -0.05) is 77.1 Å². The number of carbonyl (C=O) groups excluding carboxylic acids is 2. The van der Waals surface area contributed by atoms with E-state index in [1.54, 1.807) is 13.3 Å². The van der Waals surface area contributed by atoms with Crippen LogP contribution in [-0.4, -0.2) is 18.8 Å². The van der Waals surface area contributed by atoms with Crippen molar-refractivity contribution >= 4 is 29.5 Å². The SMILES string of the molecule is CC.COc1c(/C=C/c2ccccc2)cc(N2C=CC(=O)CC2=O)cc1C(C)(C)C. The van der Waals surface area contributed by atoms with Gasteiger partial charge in [-0.15, -0.1) is 0 Å². The minimum atomic E-state index is -0.226. The van der Waals surface area contributed by atoms with Gasteiger partial charge in [0.2, 0.25) is 5.91 Å². The maximum absolute atomic E-state index is 12.4. The minimum absolute atomic E-state index is 0.109. The third-order valence-corrected chi connectivity index (χ3v) is 4.65. The molecule has 0 aliphatic carbocycles. The summed E-state index contributed by atoms with van der Waals surface area (Å²) in [6.07, 6.45) is 6.90. The number of benzene rings is 2. The second kappa shape index (κ2) is 10.1. The summed E-state index contributed by atoms with van der Waals surface area (Å²) in [5, 5.41) is 0. The highest BCUT2D eigenvalue weighted by atomic mass is 16.5. The molecular formula is C26H31NO3. The molecule has 0 N–H and O–H groups in total. The quantitative estimate of drug-likeness (QED) is 0.462. The zero-order chi connectivity index (χ0) is 22.3. The maximum atomic E-state index is 12.4. The third-order valence-electron chi connectivity index (χ3n) is 4.65. The van der Waals surface area contributed by atoms with Crippen LogP contribution in [0.25, 0.3) is 12.2 Å². The Hall–Kier alpha value is -3.14. The van der Waals surface area contributed by atoms with E-state index in [0.717, 1.165) is 28.1 Å². The number of methoxy groups -OCH3 is 1. The summed E-state index contributed by atoms with van der Waals surface area (Å²) in [5.41, 5.74) is 3.50. The standard InChI is InChI=1S/C24H25NO3.C2H6/c1-24(2,3)21-15-19(25-13-12-20(26)16-22(25)27)14-18(23(21)28-4)11-10-17-8-6-5-7-9-17;1-2/h5-15H,16H2,1-4H3;1-2H3/b11-10+;. The molecule has 1 heterocycles. The van der Waals surface area contributed by atoms with Crippen LogP contribution in [0.2, 0.25) is 0 Å². The molecule has 1 aliphatic rings. The summed E-state index contributed by atoms with van der Waals surface area (Å²) in [7, 11) is 1.66. The summed E-state index contributed by atoms with van der Waals surface area (Å²) in [6.45, 7) is 10.3. The second-order valence-corrected chi connectivity index (χ2v) is 7.83. The zero-order valence-electron chi connectivity index (χ0n) is 18.7. The second-order valence-electron chi connectivity index (χ2n) is 7.83. The van der Waals surface area contributed by atoms with Gasteiger partial charge < -0.3 is 4.74 Å². The van der Waals surface area contributed by atoms with Gasteiger partial charge in [-0.3, -0.25) is 14.5 Å². The molecule has 0 radical (unpaired) electrons.